The van der Waals surface area contributed by atoms with E-state index in [0.717, 1.165) is 32.7 Å². The molecular weight excluding hydrogens is 438 g/mol. The molecule has 0 saturated heterocycles. The SMILES string of the molecule is CCSCc1ccc(-c2nocc2CC(=O)O[C@H](C)c2ccccc2Br)cc1. The molecule has 1 aromatic heterocycles. The van der Waals surface area contributed by atoms with Gasteiger partial charge in [0, 0.05) is 26.9 Å². The molecule has 0 aliphatic rings. The number of carbonyl (C=O) groups excluding carboxylic acids is 1. The van der Waals surface area contributed by atoms with Gasteiger partial charge in [0.15, 0.2) is 0 Å². The Balaban J connectivity index is 1.66. The first-order valence-electron chi connectivity index (χ1n) is 9.12. The van der Waals surface area contributed by atoms with Crippen LogP contribution in [0.15, 0.2) is 63.8 Å². The third-order valence-corrected chi connectivity index (χ3v) is 6.00. The number of thioether (sulfide) groups is 1. The van der Waals surface area contributed by atoms with Crippen LogP contribution in [0, 0.1) is 0 Å². The molecule has 0 radical (unpaired) electrons. The number of rotatable bonds is 8. The molecule has 146 valence electrons. The van der Waals surface area contributed by atoms with Gasteiger partial charge in [-0.2, -0.15) is 11.8 Å². The molecule has 1 heterocycles. The van der Waals surface area contributed by atoms with Crippen molar-refractivity contribution in [2.24, 2.45) is 0 Å². The van der Waals surface area contributed by atoms with Gasteiger partial charge in [-0.15, -0.1) is 0 Å². The van der Waals surface area contributed by atoms with Gasteiger partial charge >= 0.3 is 5.97 Å². The van der Waals surface area contributed by atoms with E-state index in [2.05, 4.69) is 40.1 Å². The molecule has 0 N–H and O–H groups in total. The van der Waals surface area contributed by atoms with E-state index >= 15 is 0 Å². The Kier molecular flexibility index (Phi) is 7.34. The van der Waals surface area contributed by atoms with Crippen LogP contribution in [0.1, 0.15) is 36.6 Å². The van der Waals surface area contributed by atoms with Crippen molar-refractivity contribution >= 4 is 33.7 Å². The van der Waals surface area contributed by atoms with Crippen LogP contribution in [0.2, 0.25) is 0 Å². The Morgan fingerprint density at radius 2 is 1.96 bits per heavy atom. The van der Waals surface area contributed by atoms with E-state index in [9.17, 15) is 4.79 Å². The maximum absolute atomic E-state index is 12.5. The average molecular weight is 460 g/mol. The summed E-state index contributed by atoms with van der Waals surface area (Å²) in [5.41, 5.74) is 4.53. The molecule has 0 aliphatic carbocycles. The number of hydrogen-bond acceptors (Lipinski definition) is 5. The Labute approximate surface area is 177 Å². The van der Waals surface area contributed by atoms with E-state index in [1.54, 1.807) is 0 Å². The standard InChI is InChI=1S/C22H22BrNO3S/c1-3-28-14-16-8-10-17(11-9-16)22-18(13-26-24-22)12-21(25)27-15(2)19-6-4-5-7-20(19)23/h4-11,13,15H,3,12,14H2,1-2H3/t15-/m1/s1. The molecule has 0 saturated carbocycles. The first-order chi connectivity index (χ1) is 13.6. The number of benzene rings is 2. The minimum Gasteiger partial charge on any atom is -0.457 e. The van der Waals surface area contributed by atoms with Crippen molar-refractivity contribution in [1.82, 2.24) is 5.16 Å². The van der Waals surface area contributed by atoms with Gasteiger partial charge in [0.2, 0.25) is 0 Å². The number of esters is 1. The highest BCUT2D eigenvalue weighted by Gasteiger charge is 2.18. The zero-order valence-electron chi connectivity index (χ0n) is 15.9. The fourth-order valence-electron chi connectivity index (χ4n) is 2.86. The fourth-order valence-corrected chi connectivity index (χ4v) is 4.10. The maximum Gasteiger partial charge on any atom is 0.311 e. The number of ether oxygens (including phenoxy) is 1. The molecule has 0 amide bonds. The summed E-state index contributed by atoms with van der Waals surface area (Å²) in [6, 6.07) is 15.9. The lowest BCUT2D eigenvalue weighted by Gasteiger charge is -2.15. The van der Waals surface area contributed by atoms with Gasteiger partial charge in [-0.3, -0.25) is 4.79 Å². The first-order valence-corrected chi connectivity index (χ1v) is 11.1. The van der Waals surface area contributed by atoms with Crippen LogP contribution in [0.25, 0.3) is 11.3 Å². The number of aromatic nitrogens is 1. The number of halogens is 1. The smallest absolute Gasteiger partial charge is 0.311 e. The number of hydrogen-bond donors (Lipinski definition) is 0. The van der Waals surface area contributed by atoms with Gasteiger partial charge < -0.3 is 9.26 Å². The molecule has 4 nitrogen and oxygen atoms in total. The van der Waals surface area contributed by atoms with Crippen LogP contribution in [0.3, 0.4) is 0 Å². The predicted octanol–water partition coefficient (Wildman–Crippen LogP) is 6.20. The number of carbonyl (C=O) groups is 1. The van der Waals surface area contributed by atoms with Gasteiger partial charge in [-0.25, -0.2) is 0 Å². The normalized spacial score (nSPS) is 12.0. The molecule has 0 bridgehead atoms. The van der Waals surface area contributed by atoms with Crippen molar-refractivity contribution in [3.05, 3.63) is 76.0 Å². The second-order valence-corrected chi connectivity index (χ2v) is 8.48. The summed E-state index contributed by atoms with van der Waals surface area (Å²) >= 11 is 5.38. The van der Waals surface area contributed by atoms with Crippen LogP contribution in [0.4, 0.5) is 0 Å². The largest absolute Gasteiger partial charge is 0.457 e. The Bertz CT molecular complexity index is 924. The van der Waals surface area contributed by atoms with E-state index in [1.165, 1.54) is 11.8 Å². The zero-order chi connectivity index (χ0) is 19.9. The third-order valence-electron chi connectivity index (χ3n) is 4.33. The molecule has 1 atom stereocenters. The highest BCUT2D eigenvalue weighted by Crippen LogP contribution is 2.27. The Morgan fingerprint density at radius 1 is 1.21 bits per heavy atom. The van der Waals surface area contributed by atoms with Crippen molar-refractivity contribution in [2.75, 3.05) is 5.75 Å². The molecule has 0 aliphatic heterocycles. The molecular formula is C22H22BrNO3S. The monoisotopic (exact) mass is 459 g/mol. The molecule has 0 unspecified atom stereocenters. The fraction of sp³-hybridized carbons (Fsp3) is 0.273. The third kappa shape index (κ3) is 5.26. The Morgan fingerprint density at radius 3 is 2.68 bits per heavy atom. The van der Waals surface area contributed by atoms with Gasteiger partial charge in [0.25, 0.3) is 0 Å². The lowest BCUT2D eigenvalue weighted by Crippen LogP contribution is -2.12. The average Bonchev–Trinajstić information content (AvgIpc) is 3.15. The highest BCUT2D eigenvalue weighted by atomic mass is 79.9. The highest BCUT2D eigenvalue weighted by molar-refractivity contribution is 9.10. The summed E-state index contributed by atoms with van der Waals surface area (Å²) in [6.07, 6.45) is 1.28. The molecule has 3 rings (SSSR count). The zero-order valence-corrected chi connectivity index (χ0v) is 18.3. The summed E-state index contributed by atoms with van der Waals surface area (Å²) < 4.78 is 11.7. The quantitative estimate of drug-likeness (QED) is 0.375. The molecule has 6 heteroatoms. The summed E-state index contributed by atoms with van der Waals surface area (Å²) in [5, 5.41) is 4.09. The van der Waals surface area contributed by atoms with Crippen molar-refractivity contribution in [3.63, 3.8) is 0 Å². The topological polar surface area (TPSA) is 52.3 Å². The van der Waals surface area contributed by atoms with Gasteiger partial charge in [-0.05, 0) is 24.3 Å². The van der Waals surface area contributed by atoms with Crippen LogP contribution in [-0.2, 0) is 21.7 Å². The summed E-state index contributed by atoms with van der Waals surface area (Å²) in [5.74, 6) is 1.76. The van der Waals surface area contributed by atoms with Crippen LogP contribution < -0.4 is 0 Å². The van der Waals surface area contributed by atoms with Crippen molar-refractivity contribution < 1.29 is 14.1 Å². The van der Waals surface area contributed by atoms with E-state index in [-0.39, 0.29) is 18.5 Å². The van der Waals surface area contributed by atoms with E-state index in [1.807, 2.05) is 55.1 Å². The van der Waals surface area contributed by atoms with Crippen LogP contribution in [-0.4, -0.2) is 16.9 Å². The lowest BCUT2D eigenvalue weighted by atomic mass is 10.0. The molecule has 2 aromatic carbocycles. The second kappa shape index (κ2) is 9.94. The predicted molar refractivity (Wildman–Crippen MR) is 116 cm³/mol. The molecule has 3 aromatic rings. The van der Waals surface area contributed by atoms with Gasteiger partial charge in [0.05, 0.1) is 6.42 Å². The van der Waals surface area contributed by atoms with Crippen molar-refractivity contribution in [1.29, 1.82) is 0 Å². The second-order valence-electron chi connectivity index (χ2n) is 6.35. The van der Waals surface area contributed by atoms with Gasteiger partial charge in [-0.1, -0.05) is 70.5 Å². The van der Waals surface area contributed by atoms with Gasteiger partial charge in [0.1, 0.15) is 18.1 Å². The molecule has 0 spiro atoms. The summed E-state index contributed by atoms with van der Waals surface area (Å²) in [7, 11) is 0. The van der Waals surface area contributed by atoms with Crippen molar-refractivity contribution in [2.45, 2.75) is 32.1 Å². The molecule has 0 fully saturated rings. The maximum atomic E-state index is 12.5. The summed E-state index contributed by atoms with van der Waals surface area (Å²) in [4.78, 5) is 12.5. The first kappa shape index (κ1) is 20.7. The lowest BCUT2D eigenvalue weighted by molar-refractivity contribution is -0.147. The van der Waals surface area contributed by atoms with E-state index < -0.39 is 0 Å². The Hall–Kier alpha value is -2.05. The number of nitrogens with zero attached hydrogens (tertiary/aromatic N) is 1. The van der Waals surface area contributed by atoms with Crippen LogP contribution >= 0.6 is 27.7 Å². The van der Waals surface area contributed by atoms with Crippen molar-refractivity contribution in [3.8, 4) is 11.3 Å². The minimum absolute atomic E-state index is 0.112. The van der Waals surface area contributed by atoms with E-state index in [4.69, 9.17) is 9.26 Å². The van der Waals surface area contributed by atoms with Crippen LogP contribution in [0.5, 0.6) is 0 Å². The van der Waals surface area contributed by atoms with E-state index in [0.29, 0.717) is 5.69 Å². The summed E-state index contributed by atoms with van der Waals surface area (Å²) in [6.45, 7) is 4.01. The molecule has 28 heavy (non-hydrogen) atoms. The minimum atomic E-state index is -0.346.